The molecule has 3 N–H and O–H groups in total. The maximum absolute atomic E-state index is 12.3. The molecule has 2 heterocycles. The fraction of sp³-hybridized carbons (Fsp3) is 0.176. The zero-order valence-corrected chi connectivity index (χ0v) is 13.5. The highest BCUT2D eigenvalue weighted by Crippen LogP contribution is 2.20. The number of nitrogens with zero attached hydrogens (tertiary/aromatic N) is 2. The minimum absolute atomic E-state index is 0.125. The summed E-state index contributed by atoms with van der Waals surface area (Å²) in [7, 11) is 0. The van der Waals surface area contributed by atoms with Crippen molar-refractivity contribution in [1.29, 1.82) is 0 Å². The minimum Gasteiger partial charge on any atom is -0.349 e. The van der Waals surface area contributed by atoms with Gasteiger partial charge in [-0.1, -0.05) is 18.2 Å². The van der Waals surface area contributed by atoms with Crippen LogP contribution in [0.25, 0.3) is 5.69 Å². The van der Waals surface area contributed by atoms with Crippen molar-refractivity contribution < 1.29 is 4.79 Å². The summed E-state index contributed by atoms with van der Waals surface area (Å²) in [5.41, 5.74) is 0.793. The number of amides is 1. The average Bonchev–Trinajstić information content (AvgIpc) is 3.12. The summed E-state index contributed by atoms with van der Waals surface area (Å²) >= 11 is 0. The fourth-order valence-electron chi connectivity index (χ4n) is 2.59. The number of hydrogen-bond acceptors (Lipinski definition) is 4. The largest absolute Gasteiger partial charge is 0.349 e. The molecule has 1 atom stereocenters. The second kappa shape index (κ2) is 7.00. The summed E-state index contributed by atoms with van der Waals surface area (Å²) in [4.78, 5) is 39.4. The van der Waals surface area contributed by atoms with Gasteiger partial charge in [-0.15, -0.1) is 0 Å². The smallest absolute Gasteiger partial charge is 0.325 e. The van der Waals surface area contributed by atoms with Gasteiger partial charge < -0.3 is 10.3 Å². The molecule has 128 valence electrons. The van der Waals surface area contributed by atoms with Gasteiger partial charge >= 0.3 is 5.69 Å². The van der Waals surface area contributed by atoms with Crippen LogP contribution in [0.4, 0.5) is 0 Å². The van der Waals surface area contributed by atoms with E-state index in [1.165, 1.54) is 6.20 Å². The van der Waals surface area contributed by atoms with Gasteiger partial charge in [-0.25, -0.2) is 9.48 Å². The van der Waals surface area contributed by atoms with E-state index in [1.54, 1.807) is 10.9 Å². The molecule has 0 unspecified atom stereocenters. The molecule has 0 saturated carbocycles. The summed E-state index contributed by atoms with van der Waals surface area (Å²) in [6.07, 6.45) is 4.64. The Morgan fingerprint density at radius 3 is 2.80 bits per heavy atom. The highest BCUT2D eigenvalue weighted by atomic mass is 16.2. The van der Waals surface area contributed by atoms with Crippen LogP contribution in [0.1, 0.15) is 24.1 Å². The van der Waals surface area contributed by atoms with Crippen LogP contribution in [0.2, 0.25) is 0 Å². The number of H-pyrrole nitrogens is 2. The van der Waals surface area contributed by atoms with Crippen molar-refractivity contribution in [2.75, 3.05) is 0 Å². The monoisotopic (exact) mass is 339 g/mol. The summed E-state index contributed by atoms with van der Waals surface area (Å²) in [5, 5.41) is 7.09. The van der Waals surface area contributed by atoms with E-state index in [-0.39, 0.29) is 23.9 Å². The normalized spacial score (nSPS) is 11.9. The van der Waals surface area contributed by atoms with Crippen LogP contribution in [0.5, 0.6) is 0 Å². The number of aromatic amines is 2. The Labute approximate surface area is 142 Å². The highest BCUT2D eigenvalue weighted by molar-refractivity contribution is 5.79. The number of nitrogens with one attached hydrogen (secondary N) is 3. The Morgan fingerprint density at radius 1 is 1.28 bits per heavy atom. The first-order valence-electron chi connectivity index (χ1n) is 7.74. The van der Waals surface area contributed by atoms with E-state index < -0.39 is 11.2 Å². The van der Waals surface area contributed by atoms with Crippen molar-refractivity contribution in [2.45, 2.75) is 19.4 Å². The molecular weight excluding hydrogens is 322 g/mol. The number of carbonyl (C=O) groups excluding carboxylic acids is 1. The van der Waals surface area contributed by atoms with Gasteiger partial charge in [0.05, 0.1) is 18.2 Å². The van der Waals surface area contributed by atoms with Crippen molar-refractivity contribution in [3.8, 4) is 5.69 Å². The van der Waals surface area contributed by atoms with E-state index in [1.807, 2.05) is 43.5 Å². The Kier molecular flexibility index (Phi) is 4.60. The summed E-state index contributed by atoms with van der Waals surface area (Å²) in [5.74, 6) is -0.319. The first kappa shape index (κ1) is 16.4. The van der Waals surface area contributed by atoms with E-state index in [4.69, 9.17) is 0 Å². The molecule has 0 aliphatic heterocycles. The van der Waals surface area contributed by atoms with Crippen molar-refractivity contribution in [3.05, 3.63) is 80.9 Å². The van der Waals surface area contributed by atoms with Crippen LogP contribution in [0.15, 0.2) is 58.5 Å². The van der Waals surface area contributed by atoms with Crippen LogP contribution in [-0.4, -0.2) is 25.7 Å². The zero-order chi connectivity index (χ0) is 17.8. The van der Waals surface area contributed by atoms with Gasteiger partial charge in [-0.2, -0.15) is 5.10 Å². The Morgan fingerprint density at radius 2 is 2.08 bits per heavy atom. The first-order chi connectivity index (χ1) is 12.0. The van der Waals surface area contributed by atoms with Gasteiger partial charge in [-0.3, -0.25) is 14.6 Å². The fourth-order valence-corrected chi connectivity index (χ4v) is 2.59. The van der Waals surface area contributed by atoms with Gasteiger partial charge in [0.1, 0.15) is 0 Å². The molecule has 1 amide bonds. The first-order valence-corrected chi connectivity index (χ1v) is 7.74. The lowest BCUT2D eigenvalue weighted by atomic mass is 10.1. The van der Waals surface area contributed by atoms with Crippen LogP contribution >= 0.6 is 0 Å². The van der Waals surface area contributed by atoms with E-state index in [0.29, 0.717) is 0 Å². The second-order valence-electron chi connectivity index (χ2n) is 5.57. The lowest BCUT2D eigenvalue weighted by Gasteiger charge is -2.18. The number of benzene rings is 1. The molecular formula is C17H17N5O3. The molecule has 0 aliphatic rings. The number of carbonyl (C=O) groups is 1. The number of aromatic nitrogens is 4. The van der Waals surface area contributed by atoms with Crippen molar-refractivity contribution in [3.63, 3.8) is 0 Å². The van der Waals surface area contributed by atoms with E-state index in [9.17, 15) is 14.4 Å². The molecule has 0 aliphatic carbocycles. The van der Waals surface area contributed by atoms with E-state index >= 15 is 0 Å². The Balaban J connectivity index is 1.76. The molecule has 8 nitrogen and oxygen atoms in total. The average molecular weight is 339 g/mol. The van der Waals surface area contributed by atoms with Crippen LogP contribution in [0, 0.1) is 0 Å². The quantitative estimate of drug-likeness (QED) is 0.634. The summed E-state index contributed by atoms with van der Waals surface area (Å²) in [6, 6.07) is 9.15. The second-order valence-corrected chi connectivity index (χ2v) is 5.57. The molecule has 0 bridgehead atoms. The van der Waals surface area contributed by atoms with Gasteiger partial charge in [0.15, 0.2) is 0 Å². The molecule has 0 saturated heterocycles. The molecule has 0 spiro atoms. The van der Waals surface area contributed by atoms with E-state index in [0.717, 1.165) is 11.3 Å². The summed E-state index contributed by atoms with van der Waals surface area (Å²) < 4.78 is 1.73. The van der Waals surface area contributed by atoms with Gasteiger partial charge in [0.25, 0.3) is 5.56 Å². The maximum Gasteiger partial charge on any atom is 0.325 e. The SMILES string of the molecule is C[C@@H](NC(=O)Cc1c[nH]c(=O)[nH]c1=O)c1ccccc1-n1cccn1. The molecule has 3 aromatic rings. The zero-order valence-electron chi connectivity index (χ0n) is 13.5. The third kappa shape index (κ3) is 3.74. The van der Waals surface area contributed by atoms with Crippen LogP contribution in [-0.2, 0) is 11.2 Å². The molecule has 2 aromatic heterocycles. The topological polar surface area (TPSA) is 113 Å². The molecule has 1 aromatic carbocycles. The molecule has 0 radical (unpaired) electrons. The molecule has 3 rings (SSSR count). The van der Waals surface area contributed by atoms with Crippen molar-refractivity contribution in [1.82, 2.24) is 25.1 Å². The molecule has 0 fully saturated rings. The lowest BCUT2D eigenvalue weighted by molar-refractivity contribution is -0.121. The lowest BCUT2D eigenvalue weighted by Crippen LogP contribution is -2.32. The molecule has 8 heteroatoms. The number of para-hydroxylation sites is 1. The predicted molar refractivity (Wildman–Crippen MR) is 91.5 cm³/mol. The standard InChI is InChI=1S/C17H17N5O3/c1-11(13-5-2-3-6-14(13)22-8-4-7-19-22)20-15(23)9-12-10-18-17(25)21-16(12)24/h2-8,10-11H,9H2,1H3,(H,20,23)(H2,18,21,24,25)/t11-/m1/s1. The summed E-state index contributed by atoms with van der Waals surface area (Å²) in [6.45, 7) is 1.86. The Hall–Kier alpha value is -3.42. The third-order valence-electron chi connectivity index (χ3n) is 3.78. The van der Waals surface area contributed by atoms with Gasteiger partial charge in [0, 0.05) is 24.2 Å². The van der Waals surface area contributed by atoms with Crippen molar-refractivity contribution >= 4 is 5.91 Å². The predicted octanol–water partition coefficient (Wildman–Crippen LogP) is 0.669. The minimum atomic E-state index is -0.601. The highest BCUT2D eigenvalue weighted by Gasteiger charge is 2.15. The number of hydrogen-bond donors (Lipinski definition) is 3. The molecule has 25 heavy (non-hydrogen) atoms. The van der Waals surface area contributed by atoms with Crippen LogP contribution in [0.3, 0.4) is 0 Å². The number of rotatable bonds is 5. The van der Waals surface area contributed by atoms with Crippen molar-refractivity contribution in [2.24, 2.45) is 0 Å². The third-order valence-corrected chi connectivity index (χ3v) is 3.78. The maximum atomic E-state index is 12.3. The van der Waals surface area contributed by atoms with Gasteiger partial charge in [-0.05, 0) is 24.6 Å². The Bertz CT molecular complexity index is 988. The van der Waals surface area contributed by atoms with E-state index in [2.05, 4.69) is 20.4 Å². The van der Waals surface area contributed by atoms with Gasteiger partial charge in [0.2, 0.25) is 5.91 Å². The van der Waals surface area contributed by atoms with Crippen LogP contribution < -0.4 is 16.6 Å².